The van der Waals surface area contributed by atoms with Gasteiger partial charge in [0.05, 0.1) is 18.1 Å². The number of carbonyl (C=O) groups is 1. The topological polar surface area (TPSA) is 79.0 Å². The Labute approximate surface area is 236 Å². The molecule has 8 heteroatoms. The number of morpholine rings is 1. The molecule has 1 fully saturated rings. The fourth-order valence-corrected chi connectivity index (χ4v) is 8.50. The molecule has 3 aromatic carbocycles. The summed E-state index contributed by atoms with van der Waals surface area (Å²) in [6, 6.07) is 16.4. The minimum absolute atomic E-state index is 0.173. The number of sulfonamides is 1. The zero-order valence-corrected chi connectivity index (χ0v) is 23.5. The van der Waals surface area contributed by atoms with Crippen LogP contribution in [0, 0.1) is 0 Å². The number of anilines is 2. The molecule has 7 nitrogen and oxygen atoms in total. The van der Waals surface area contributed by atoms with Gasteiger partial charge < -0.3 is 15.0 Å². The van der Waals surface area contributed by atoms with E-state index in [0.29, 0.717) is 19.6 Å². The molecule has 1 N–H and O–H groups in total. The van der Waals surface area contributed by atoms with Crippen LogP contribution >= 0.6 is 0 Å². The molecule has 1 unspecified atom stereocenters. The number of ether oxygens (including phenoxy) is 1. The van der Waals surface area contributed by atoms with Crippen LogP contribution in [0.5, 0.6) is 0 Å². The van der Waals surface area contributed by atoms with E-state index in [1.165, 1.54) is 26.6 Å². The van der Waals surface area contributed by atoms with Crippen molar-refractivity contribution in [3.05, 3.63) is 88.0 Å². The Kier molecular flexibility index (Phi) is 6.65. The van der Waals surface area contributed by atoms with Crippen LogP contribution in [0.15, 0.2) is 59.5 Å². The van der Waals surface area contributed by atoms with Gasteiger partial charge in [-0.1, -0.05) is 30.3 Å². The van der Waals surface area contributed by atoms with Gasteiger partial charge in [0.15, 0.2) is 0 Å². The number of benzene rings is 3. The van der Waals surface area contributed by atoms with Crippen molar-refractivity contribution < 1.29 is 17.9 Å². The van der Waals surface area contributed by atoms with Crippen molar-refractivity contribution in [3.8, 4) is 0 Å². The van der Waals surface area contributed by atoms with Gasteiger partial charge in [0.2, 0.25) is 15.9 Å². The van der Waals surface area contributed by atoms with Gasteiger partial charge in [-0.2, -0.15) is 4.31 Å². The molecule has 1 amide bonds. The van der Waals surface area contributed by atoms with Crippen molar-refractivity contribution in [2.45, 2.75) is 62.4 Å². The van der Waals surface area contributed by atoms with Crippen LogP contribution in [-0.4, -0.2) is 51.0 Å². The summed E-state index contributed by atoms with van der Waals surface area (Å²) in [5.41, 5.74) is 9.09. The van der Waals surface area contributed by atoms with Crippen LogP contribution in [0.25, 0.3) is 0 Å². The van der Waals surface area contributed by atoms with E-state index in [1.807, 2.05) is 36.4 Å². The maximum Gasteiger partial charge on any atom is 0.244 e. The monoisotopic (exact) mass is 557 g/mol. The Hall–Kier alpha value is -3.20. The molecular formula is C32H35N3O4S. The molecule has 2 heterocycles. The van der Waals surface area contributed by atoms with E-state index in [2.05, 4.69) is 16.3 Å². The summed E-state index contributed by atoms with van der Waals surface area (Å²) in [5, 5.41) is 3.29. The summed E-state index contributed by atoms with van der Waals surface area (Å²) in [7, 11) is -3.93. The summed E-state index contributed by atoms with van der Waals surface area (Å²) in [5.74, 6) is -0.239. The van der Waals surface area contributed by atoms with E-state index in [4.69, 9.17) is 4.74 Å². The molecule has 40 heavy (non-hydrogen) atoms. The number of aryl methyl sites for hydroxylation is 2. The zero-order chi connectivity index (χ0) is 27.3. The molecule has 3 aromatic rings. The van der Waals surface area contributed by atoms with Crippen LogP contribution in [0.4, 0.5) is 11.4 Å². The third-order valence-electron chi connectivity index (χ3n) is 9.05. The van der Waals surface area contributed by atoms with E-state index in [0.717, 1.165) is 74.1 Å². The Morgan fingerprint density at radius 3 is 2.15 bits per heavy atom. The molecule has 0 aromatic heterocycles. The van der Waals surface area contributed by atoms with E-state index in [-0.39, 0.29) is 17.3 Å². The third-order valence-corrected chi connectivity index (χ3v) is 10.9. The van der Waals surface area contributed by atoms with Crippen molar-refractivity contribution >= 4 is 27.3 Å². The lowest BCUT2D eigenvalue weighted by atomic mass is 9.94. The van der Waals surface area contributed by atoms with Crippen LogP contribution < -0.4 is 10.2 Å². The average molecular weight is 558 g/mol. The minimum atomic E-state index is -3.93. The van der Waals surface area contributed by atoms with Gasteiger partial charge >= 0.3 is 0 Å². The SMILES string of the molecule is O=C(Nc1c2c(cc3c1CCC3)CCC2)C1Cc2ccccc2CN1S(=O)(=O)c1ccc(N2CCOCC2)cc1. The lowest BCUT2D eigenvalue weighted by Gasteiger charge is -2.35. The second-order valence-corrected chi connectivity index (χ2v) is 13.2. The number of fused-ring (bicyclic) bond motifs is 3. The molecule has 0 radical (unpaired) electrons. The number of hydrogen-bond donors (Lipinski definition) is 1. The van der Waals surface area contributed by atoms with Gasteiger partial charge in [-0.15, -0.1) is 0 Å². The quantitative estimate of drug-likeness (QED) is 0.508. The third kappa shape index (κ3) is 4.52. The van der Waals surface area contributed by atoms with Crippen molar-refractivity contribution in [3.63, 3.8) is 0 Å². The van der Waals surface area contributed by atoms with Gasteiger partial charge in [-0.05, 0) is 103 Å². The minimum Gasteiger partial charge on any atom is -0.378 e. The molecule has 1 atom stereocenters. The number of amides is 1. The van der Waals surface area contributed by atoms with Crippen LogP contribution in [0.2, 0.25) is 0 Å². The second kappa shape index (κ2) is 10.3. The van der Waals surface area contributed by atoms with Crippen molar-refractivity contribution in [2.24, 2.45) is 0 Å². The lowest BCUT2D eigenvalue weighted by molar-refractivity contribution is -0.120. The van der Waals surface area contributed by atoms with Crippen molar-refractivity contribution in [1.29, 1.82) is 0 Å². The fourth-order valence-electron chi connectivity index (χ4n) is 6.93. The van der Waals surface area contributed by atoms with Crippen molar-refractivity contribution in [2.75, 3.05) is 36.5 Å². The molecular weight excluding hydrogens is 522 g/mol. The molecule has 2 aliphatic carbocycles. The van der Waals surface area contributed by atoms with Gasteiger partial charge in [-0.3, -0.25) is 4.79 Å². The van der Waals surface area contributed by atoms with E-state index in [1.54, 1.807) is 12.1 Å². The standard InChI is InChI=1S/C32H35N3O4S/c36-32(33-31-28-9-3-7-23(28)19-24-8-4-10-29(24)31)30-20-22-5-1-2-6-25(22)21-35(30)40(37,38)27-13-11-26(12-14-27)34-15-17-39-18-16-34/h1-2,5-6,11-14,19,30H,3-4,7-10,15-18,20-21H2,(H,33,36). The summed E-state index contributed by atoms with van der Waals surface area (Å²) in [6.07, 6.45) is 6.56. The predicted octanol–water partition coefficient (Wildman–Crippen LogP) is 4.25. The Morgan fingerprint density at radius 2 is 1.48 bits per heavy atom. The zero-order valence-electron chi connectivity index (χ0n) is 22.7. The highest BCUT2D eigenvalue weighted by molar-refractivity contribution is 7.89. The van der Waals surface area contributed by atoms with E-state index in [9.17, 15) is 13.2 Å². The highest BCUT2D eigenvalue weighted by atomic mass is 32.2. The lowest BCUT2D eigenvalue weighted by Crippen LogP contribution is -2.50. The molecule has 0 saturated carbocycles. The first-order valence-corrected chi connectivity index (χ1v) is 15.9. The molecule has 2 aliphatic heterocycles. The molecule has 208 valence electrons. The first-order chi connectivity index (χ1) is 19.5. The highest BCUT2D eigenvalue weighted by Gasteiger charge is 2.40. The summed E-state index contributed by atoms with van der Waals surface area (Å²) in [6.45, 7) is 3.07. The average Bonchev–Trinajstić information content (AvgIpc) is 3.66. The Balaban J connectivity index is 1.22. The number of nitrogens with one attached hydrogen (secondary N) is 1. The maximum atomic E-state index is 14.1. The van der Waals surface area contributed by atoms with E-state index >= 15 is 0 Å². The first kappa shape index (κ1) is 25.7. The highest BCUT2D eigenvalue weighted by Crippen LogP contribution is 2.39. The van der Waals surface area contributed by atoms with Gasteiger partial charge in [0, 0.05) is 31.0 Å². The number of nitrogens with zero attached hydrogens (tertiary/aromatic N) is 2. The number of rotatable bonds is 5. The van der Waals surface area contributed by atoms with Crippen LogP contribution in [0.1, 0.15) is 46.2 Å². The van der Waals surface area contributed by atoms with E-state index < -0.39 is 16.1 Å². The van der Waals surface area contributed by atoms with Gasteiger partial charge in [0.25, 0.3) is 0 Å². The molecule has 0 spiro atoms. The summed E-state index contributed by atoms with van der Waals surface area (Å²) in [4.78, 5) is 16.5. The number of hydrogen-bond acceptors (Lipinski definition) is 5. The second-order valence-electron chi connectivity index (χ2n) is 11.4. The van der Waals surface area contributed by atoms with Crippen LogP contribution in [0.3, 0.4) is 0 Å². The normalized spacial score (nSPS) is 20.6. The molecule has 7 rings (SSSR count). The first-order valence-electron chi connectivity index (χ1n) is 14.5. The summed E-state index contributed by atoms with van der Waals surface area (Å²) >= 11 is 0. The smallest absolute Gasteiger partial charge is 0.244 e. The maximum absolute atomic E-state index is 14.1. The Bertz CT molecular complexity index is 1530. The van der Waals surface area contributed by atoms with Crippen molar-refractivity contribution in [1.82, 2.24) is 4.31 Å². The van der Waals surface area contributed by atoms with Gasteiger partial charge in [0.1, 0.15) is 6.04 Å². The largest absolute Gasteiger partial charge is 0.378 e. The molecule has 1 saturated heterocycles. The Morgan fingerprint density at radius 1 is 0.825 bits per heavy atom. The predicted molar refractivity (Wildman–Crippen MR) is 155 cm³/mol. The van der Waals surface area contributed by atoms with Gasteiger partial charge in [-0.25, -0.2) is 8.42 Å². The number of carbonyl (C=O) groups excluding carboxylic acids is 1. The summed E-state index contributed by atoms with van der Waals surface area (Å²) < 4.78 is 35.1. The van der Waals surface area contributed by atoms with Crippen LogP contribution in [-0.2, 0) is 58.2 Å². The fraction of sp³-hybridized carbons (Fsp3) is 0.406. The molecule has 4 aliphatic rings. The molecule has 0 bridgehead atoms.